The first-order valence-corrected chi connectivity index (χ1v) is 7.07. The molecule has 0 N–H and O–H groups in total. The second kappa shape index (κ2) is 6.27. The Kier molecular flexibility index (Phi) is 4.01. The van der Waals surface area contributed by atoms with E-state index in [1.807, 2.05) is 30.3 Å². The molecule has 0 spiro atoms. The Hall–Kier alpha value is -3.21. The molecule has 0 aliphatic carbocycles. The van der Waals surface area contributed by atoms with Gasteiger partial charge in [-0.05, 0) is 43.3 Å². The lowest BCUT2D eigenvalue weighted by molar-refractivity contribution is 0.0734. The fraction of sp³-hybridized carbons (Fsp3) is 0.0556. The molecule has 1 heterocycles. The van der Waals surface area contributed by atoms with E-state index in [-0.39, 0.29) is 5.78 Å². The van der Waals surface area contributed by atoms with Gasteiger partial charge in [0.2, 0.25) is 0 Å². The smallest absolute Gasteiger partial charge is 0.346 e. The van der Waals surface area contributed by atoms with Crippen molar-refractivity contribution in [3.8, 4) is 11.4 Å². The minimum Gasteiger partial charge on any atom is -0.423 e. The summed E-state index contributed by atoms with van der Waals surface area (Å²) < 4.78 is 6.89. The summed E-state index contributed by atoms with van der Waals surface area (Å²) in [5, 5.41) is 4.16. The summed E-state index contributed by atoms with van der Waals surface area (Å²) in [4.78, 5) is 23.4. The van der Waals surface area contributed by atoms with Crippen molar-refractivity contribution >= 4 is 11.8 Å². The van der Waals surface area contributed by atoms with Crippen LogP contribution in [0.1, 0.15) is 27.6 Å². The number of hydrogen-bond donors (Lipinski definition) is 0. The van der Waals surface area contributed by atoms with Gasteiger partial charge < -0.3 is 4.74 Å². The van der Waals surface area contributed by atoms with Crippen LogP contribution in [0.2, 0.25) is 0 Å². The van der Waals surface area contributed by atoms with Crippen LogP contribution in [0, 0.1) is 0 Å². The average Bonchev–Trinajstić information content (AvgIpc) is 3.06. The van der Waals surface area contributed by atoms with Gasteiger partial charge >= 0.3 is 5.97 Å². The quantitative estimate of drug-likeness (QED) is 0.421. The fourth-order valence-electron chi connectivity index (χ4n) is 2.07. The number of ketones is 1. The highest BCUT2D eigenvalue weighted by atomic mass is 16.5. The largest absolute Gasteiger partial charge is 0.423 e. The molecule has 3 rings (SSSR count). The Labute approximate surface area is 133 Å². The Morgan fingerprint density at radius 1 is 0.957 bits per heavy atom. The fourth-order valence-corrected chi connectivity index (χ4v) is 2.07. The molecule has 0 fully saturated rings. The van der Waals surface area contributed by atoms with Crippen LogP contribution < -0.4 is 4.74 Å². The second-order valence-corrected chi connectivity index (χ2v) is 4.98. The van der Waals surface area contributed by atoms with Crippen LogP contribution in [0.15, 0.2) is 67.0 Å². The molecule has 0 aliphatic heterocycles. The summed E-state index contributed by atoms with van der Waals surface area (Å²) in [5.74, 6) is -0.151. The van der Waals surface area contributed by atoms with Gasteiger partial charge in [-0.1, -0.05) is 18.2 Å². The van der Waals surface area contributed by atoms with Crippen LogP contribution in [0.25, 0.3) is 5.69 Å². The summed E-state index contributed by atoms with van der Waals surface area (Å²) in [6.45, 7) is 1.49. The van der Waals surface area contributed by atoms with Gasteiger partial charge in [0.1, 0.15) is 5.75 Å². The van der Waals surface area contributed by atoms with Crippen LogP contribution >= 0.6 is 0 Å². The minimum absolute atomic E-state index is 0.0352. The van der Waals surface area contributed by atoms with Crippen LogP contribution in [0.5, 0.6) is 5.75 Å². The lowest BCUT2D eigenvalue weighted by Gasteiger charge is -2.03. The molecule has 0 bridgehead atoms. The zero-order chi connectivity index (χ0) is 16.2. The maximum atomic E-state index is 12.1. The molecule has 1 aromatic heterocycles. The molecule has 0 saturated carbocycles. The number of benzene rings is 2. The standard InChI is InChI=1S/C18H14N2O3/c1-13(21)14-7-9-17(10-8-14)23-18(22)15-11-19-20(12-15)16-5-3-2-4-6-16/h2-12H,1H3. The number of nitrogens with zero attached hydrogens (tertiary/aromatic N) is 2. The highest BCUT2D eigenvalue weighted by Gasteiger charge is 2.12. The molecule has 5 heteroatoms. The van der Waals surface area contributed by atoms with E-state index in [2.05, 4.69) is 5.10 Å². The number of carbonyl (C=O) groups excluding carboxylic acids is 2. The van der Waals surface area contributed by atoms with Crippen LogP contribution in [0.4, 0.5) is 0 Å². The van der Waals surface area contributed by atoms with Crippen molar-refractivity contribution in [3.63, 3.8) is 0 Å². The summed E-state index contributed by atoms with van der Waals surface area (Å²) >= 11 is 0. The highest BCUT2D eigenvalue weighted by Crippen LogP contribution is 2.15. The second-order valence-electron chi connectivity index (χ2n) is 4.98. The van der Waals surface area contributed by atoms with Crippen LogP contribution in [0.3, 0.4) is 0 Å². The number of ether oxygens (including phenoxy) is 1. The van der Waals surface area contributed by atoms with Crippen molar-refractivity contribution in [1.29, 1.82) is 0 Å². The number of Topliss-reactive ketones (excluding diaryl/α,β-unsaturated/α-hetero) is 1. The molecule has 3 aromatic rings. The molecule has 114 valence electrons. The van der Waals surface area contributed by atoms with Gasteiger partial charge in [-0.25, -0.2) is 9.48 Å². The molecule has 0 radical (unpaired) electrons. The molecular weight excluding hydrogens is 292 g/mol. The molecule has 23 heavy (non-hydrogen) atoms. The lowest BCUT2D eigenvalue weighted by Crippen LogP contribution is -2.07. The Morgan fingerprint density at radius 2 is 1.65 bits per heavy atom. The van der Waals surface area contributed by atoms with Gasteiger partial charge in [0, 0.05) is 11.8 Å². The predicted octanol–water partition coefficient (Wildman–Crippen LogP) is 3.29. The predicted molar refractivity (Wildman–Crippen MR) is 85.0 cm³/mol. The first-order valence-electron chi connectivity index (χ1n) is 7.07. The molecule has 0 saturated heterocycles. The van der Waals surface area contributed by atoms with E-state index in [0.717, 1.165) is 5.69 Å². The molecular formula is C18H14N2O3. The van der Waals surface area contributed by atoms with E-state index in [1.165, 1.54) is 13.1 Å². The molecule has 2 aromatic carbocycles. The van der Waals surface area contributed by atoms with Crippen LogP contribution in [-0.2, 0) is 0 Å². The summed E-state index contributed by atoms with van der Waals surface area (Å²) in [7, 11) is 0. The van der Waals surface area contributed by atoms with Gasteiger partial charge in [-0.15, -0.1) is 0 Å². The van der Waals surface area contributed by atoms with Crippen molar-refractivity contribution in [2.45, 2.75) is 6.92 Å². The lowest BCUT2D eigenvalue weighted by atomic mass is 10.1. The third-order valence-corrected chi connectivity index (χ3v) is 3.31. The molecule has 0 aliphatic rings. The SMILES string of the molecule is CC(=O)c1ccc(OC(=O)c2cnn(-c3ccccc3)c2)cc1. The van der Waals surface area contributed by atoms with Gasteiger partial charge in [-0.2, -0.15) is 5.10 Å². The zero-order valence-corrected chi connectivity index (χ0v) is 12.5. The first kappa shape index (κ1) is 14.7. The number of para-hydroxylation sites is 1. The Bertz CT molecular complexity index is 836. The number of esters is 1. The summed E-state index contributed by atoms with van der Waals surface area (Å²) in [6.07, 6.45) is 3.07. The average molecular weight is 306 g/mol. The maximum Gasteiger partial charge on any atom is 0.346 e. The van der Waals surface area contributed by atoms with Crippen molar-refractivity contribution < 1.29 is 14.3 Å². The third kappa shape index (κ3) is 3.35. The van der Waals surface area contributed by atoms with E-state index in [1.54, 1.807) is 35.1 Å². The van der Waals surface area contributed by atoms with Crippen molar-refractivity contribution in [2.75, 3.05) is 0 Å². The Balaban J connectivity index is 1.74. The van der Waals surface area contributed by atoms with Gasteiger partial charge in [-0.3, -0.25) is 4.79 Å². The van der Waals surface area contributed by atoms with E-state index in [0.29, 0.717) is 16.9 Å². The third-order valence-electron chi connectivity index (χ3n) is 3.31. The zero-order valence-electron chi connectivity index (χ0n) is 12.5. The normalized spacial score (nSPS) is 10.3. The van der Waals surface area contributed by atoms with E-state index < -0.39 is 5.97 Å². The minimum atomic E-state index is -0.497. The monoisotopic (exact) mass is 306 g/mol. The van der Waals surface area contributed by atoms with Crippen molar-refractivity contribution in [1.82, 2.24) is 9.78 Å². The highest BCUT2D eigenvalue weighted by molar-refractivity contribution is 5.94. The number of rotatable bonds is 4. The topological polar surface area (TPSA) is 61.2 Å². The molecule has 0 atom stereocenters. The maximum absolute atomic E-state index is 12.1. The molecule has 5 nitrogen and oxygen atoms in total. The van der Waals surface area contributed by atoms with Crippen LogP contribution in [-0.4, -0.2) is 21.5 Å². The number of hydrogen-bond acceptors (Lipinski definition) is 4. The number of aromatic nitrogens is 2. The van der Waals surface area contributed by atoms with Crippen molar-refractivity contribution in [2.24, 2.45) is 0 Å². The summed E-state index contributed by atoms with van der Waals surface area (Å²) in [6, 6.07) is 15.9. The Morgan fingerprint density at radius 3 is 2.30 bits per heavy atom. The molecule has 0 unspecified atom stereocenters. The van der Waals surface area contributed by atoms with E-state index in [9.17, 15) is 9.59 Å². The van der Waals surface area contributed by atoms with Gasteiger partial charge in [0.05, 0.1) is 17.4 Å². The van der Waals surface area contributed by atoms with Gasteiger partial charge in [0.25, 0.3) is 0 Å². The summed E-state index contributed by atoms with van der Waals surface area (Å²) in [5.41, 5.74) is 1.78. The molecule has 0 amide bonds. The number of carbonyl (C=O) groups is 2. The van der Waals surface area contributed by atoms with Gasteiger partial charge in [0.15, 0.2) is 5.78 Å². The first-order chi connectivity index (χ1) is 11.1. The van der Waals surface area contributed by atoms with E-state index >= 15 is 0 Å². The van der Waals surface area contributed by atoms with E-state index in [4.69, 9.17) is 4.74 Å². The van der Waals surface area contributed by atoms with Crippen molar-refractivity contribution in [3.05, 3.63) is 78.1 Å².